The van der Waals surface area contributed by atoms with E-state index in [9.17, 15) is 32.1 Å². The fraction of sp³-hybridized carbons (Fsp3) is 0.565. The Balaban J connectivity index is 2.26. The van der Waals surface area contributed by atoms with Crippen LogP contribution in [0.25, 0.3) is 0 Å². The van der Waals surface area contributed by atoms with E-state index in [4.69, 9.17) is 12.2 Å². The summed E-state index contributed by atoms with van der Waals surface area (Å²) >= 11 is 0. The molecule has 3 amide bonds. The number of benzene rings is 1. The summed E-state index contributed by atoms with van der Waals surface area (Å²) in [7, 11) is -5.29. The summed E-state index contributed by atoms with van der Waals surface area (Å²) in [6, 6.07) is 4.63. The van der Waals surface area contributed by atoms with E-state index >= 15 is 0 Å². The van der Waals surface area contributed by atoms with Gasteiger partial charge in [-0.2, -0.15) is 0 Å². The first-order chi connectivity index (χ1) is 17.6. The Bertz CT molecular complexity index is 1120. The molecule has 2 rings (SSSR count). The number of esters is 1. The zero-order chi connectivity index (χ0) is 28.7. The predicted molar refractivity (Wildman–Crippen MR) is 126 cm³/mol. The highest BCUT2D eigenvalue weighted by molar-refractivity contribution is 7.86. The van der Waals surface area contributed by atoms with Crippen molar-refractivity contribution in [1.82, 2.24) is 16.0 Å². The van der Waals surface area contributed by atoms with Gasteiger partial charge >= 0.3 is 12.1 Å². The number of carbonyl (C=O) groups is 4. The van der Waals surface area contributed by atoms with Gasteiger partial charge in [0, 0.05) is 19.4 Å². The highest BCUT2D eigenvalue weighted by atomic mass is 32.2. The summed E-state index contributed by atoms with van der Waals surface area (Å²) < 4.78 is 61.5. The molecule has 0 spiro atoms. The number of hydrogen-bond acceptors (Lipinski definition) is 9. The highest BCUT2D eigenvalue weighted by Gasteiger charge is 2.38. The number of amides is 3. The summed E-state index contributed by atoms with van der Waals surface area (Å²) in [5, 5.41) is 7.18. The van der Waals surface area contributed by atoms with Gasteiger partial charge in [-0.15, -0.1) is 0 Å². The number of ether oxygens (including phenoxy) is 2. The zero-order valence-electron chi connectivity index (χ0n) is 22.2. The molecule has 1 saturated heterocycles. The number of alkyl carbamates (subject to hydrolysis) is 1. The van der Waals surface area contributed by atoms with Gasteiger partial charge in [0.2, 0.25) is 17.3 Å². The van der Waals surface area contributed by atoms with Crippen molar-refractivity contribution in [2.24, 2.45) is 11.8 Å². The van der Waals surface area contributed by atoms with Gasteiger partial charge in [-0.3, -0.25) is 14.4 Å². The Kier molecular flexibility index (Phi) is 9.50. The van der Waals surface area contributed by atoms with Crippen molar-refractivity contribution in [2.75, 3.05) is 6.54 Å². The Labute approximate surface area is 213 Å². The van der Waals surface area contributed by atoms with Gasteiger partial charge in [-0.1, -0.05) is 44.2 Å². The third-order valence-corrected chi connectivity index (χ3v) is 6.27. The SMILES string of the molecule is [2H]C([2H])(OC(=O)N[C@@H](CC(C)C)C(=O)N[C@@H](C[C@@H]1CCNC1=O)C(OC(C)=O)S(=O)(=O)[O-])c1ccccc1. The minimum atomic E-state index is -5.29. The molecule has 0 radical (unpaired) electrons. The lowest BCUT2D eigenvalue weighted by atomic mass is 9.97. The lowest BCUT2D eigenvalue weighted by molar-refractivity contribution is -0.145. The molecule has 200 valence electrons. The summed E-state index contributed by atoms with van der Waals surface area (Å²) in [5.74, 6) is -3.39. The average molecular weight is 529 g/mol. The Morgan fingerprint density at radius 1 is 1.22 bits per heavy atom. The van der Waals surface area contributed by atoms with Gasteiger partial charge in [0.1, 0.15) is 22.7 Å². The standard InChI is InChI=1S/C23H33N3O9S/c1-14(2)11-18(26-23(30)34-13-16-7-5-4-6-8-16)21(29)25-19(12-17-9-10-24-20(17)28)22(35-15(3)27)36(31,32)33/h4-8,14,17-19,22H,9-13H2,1-3H3,(H,24,28)(H,25,29)(H,26,30)(H,31,32,33)/p-1/t17-,18-,19-,22?/m0/s1/i13D2. The minimum absolute atomic E-state index is 0.0221. The average Bonchev–Trinajstić information content (AvgIpc) is 3.20. The van der Waals surface area contributed by atoms with Crippen LogP contribution in [0.15, 0.2) is 30.3 Å². The van der Waals surface area contributed by atoms with E-state index < -0.39 is 64.0 Å². The number of hydrogen-bond donors (Lipinski definition) is 3. The lowest BCUT2D eigenvalue weighted by Crippen LogP contribution is -2.55. The Hall–Kier alpha value is -3.19. The molecule has 1 fully saturated rings. The molecule has 1 aromatic rings. The van der Waals surface area contributed by atoms with Crippen LogP contribution in [0.5, 0.6) is 0 Å². The third kappa shape index (κ3) is 9.46. The number of nitrogens with one attached hydrogen (secondary N) is 3. The first-order valence-electron chi connectivity index (χ1n) is 12.3. The summed E-state index contributed by atoms with van der Waals surface area (Å²) in [4.78, 5) is 49.4. The van der Waals surface area contributed by atoms with E-state index in [-0.39, 0.29) is 24.3 Å². The van der Waals surface area contributed by atoms with Crippen LogP contribution in [0, 0.1) is 11.8 Å². The van der Waals surface area contributed by atoms with Crippen molar-refractivity contribution in [2.45, 2.75) is 64.1 Å². The molecule has 0 aliphatic carbocycles. The quantitative estimate of drug-likeness (QED) is 0.261. The molecule has 1 aliphatic heterocycles. The van der Waals surface area contributed by atoms with Crippen LogP contribution >= 0.6 is 0 Å². The van der Waals surface area contributed by atoms with Crippen LogP contribution in [-0.2, 0) is 40.5 Å². The van der Waals surface area contributed by atoms with Crippen molar-refractivity contribution < 1.29 is 44.4 Å². The van der Waals surface area contributed by atoms with Crippen LogP contribution in [0.1, 0.15) is 48.3 Å². The van der Waals surface area contributed by atoms with Crippen molar-refractivity contribution in [3.8, 4) is 0 Å². The minimum Gasteiger partial charge on any atom is -0.745 e. The molecule has 12 nitrogen and oxygen atoms in total. The van der Waals surface area contributed by atoms with E-state index in [2.05, 4.69) is 16.0 Å². The van der Waals surface area contributed by atoms with E-state index in [0.717, 1.165) is 6.92 Å². The van der Waals surface area contributed by atoms with E-state index in [0.29, 0.717) is 13.0 Å². The first-order valence-corrected chi connectivity index (χ1v) is 12.8. The normalized spacial score (nSPS) is 19.2. The lowest BCUT2D eigenvalue weighted by Gasteiger charge is -2.32. The fourth-order valence-electron chi connectivity index (χ4n) is 3.69. The predicted octanol–water partition coefficient (Wildman–Crippen LogP) is 0.773. The summed E-state index contributed by atoms with van der Waals surface area (Å²) in [6.07, 6.45) is -1.27. The second-order valence-electron chi connectivity index (χ2n) is 8.78. The van der Waals surface area contributed by atoms with Crippen LogP contribution in [0.4, 0.5) is 4.79 Å². The van der Waals surface area contributed by atoms with Crippen molar-refractivity contribution in [3.05, 3.63) is 35.9 Å². The number of carbonyl (C=O) groups excluding carboxylic acids is 4. The molecule has 4 atom stereocenters. The van der Waals surface area contributed by atoms with Crippen LogP contribution < -0.4 is 16.0 Å². The van der Waals surface area contributed by atoms with Gasteiger partial charge in [-0.05, 0) is 30.7 Å². The summed E-state index contributed by atoms with van der Waals surface area (Å²) in [5.41, 5.74) is -2.27. The van der Waals surface area contributed by atoms with Gasteiger partial charge in [0.15, 0.2) is 0 Å². The molecular formula is C23H32N3O9S-. The van der Waals surface area contributed by atoms with Gasteiger partial charge in [0.05, 0.1) is 8.78 Å². The summed E-state index contributed by atoms with van der Waals surface area (Å²) in [6.45, 7) is 2.14. The molecule has 0 bridgehead atoms. The molecule has 1 aliphatic rings. The maximum absolute atomic E-state index is 13.2. The van der Waals surface area contributed by atoms with E-state index in [1.165, 1.54) is 12.1 Å². The maximum Gasteiger partial charge on any atom is 0.408 e. The molecule has 1 unspecified atom stereocenters. The van der Waals surface area contributed by atoms with Gasteiger partial charge in [-0.25, -0.2) is 13.2 Å². The Morgan fingerprint density at radius 2 is 1.89 bits per heavy atom. The molecule has 36 heavy (non-hydrogen) atoms. The van der Waals surface area contributed by atoms with Crippen molar-refractivity contribution >= 4 is 34.0 Å². The number of rotatable bonds is 12. The Morgan fingerprint density at radius 3 is 2.42 bits per heavy atom. The third-order valence-electron chi connectivity index (χ3n) is 5.28. The topological polar surface area (TPSA) is 180 Å². The monoisotopic (exact) mass is 528 g/mol. The second-order valence-corrected chi connectivity index (χ2v) is 10.2. The molecule has 13 heteroatoms. The van der Waals surface area contributed by atoms with Crippen LogP contribution in [0.3, 0.4) is 0 Å². The molecule has 1 aromatic carbocycles. The molecular weight excluding hydrogens is 494 g/mol. The fourth-order valence-corrected chi connectivity index (χ4v) is 4.52. The highest BCUT2D eigenvalue weighted by Crippen LogP contribution is 2.22. The molecule has 3 N–H and O–H groups in total. The largest absolute Gasteiger partial charge is 0.745 e. The smallest absolute Gasteiger partial charge is 0.408 e. The van der Waals surface area contributed by atoms with Gasteiger partial charge < -0.3 is 30.0 Å². The van der Waals surface area contributed by atoms with E-state index in [1.54, 1.807) is 32.0 Å². The van der Waals surface area contributed by atoms with Crippen molar-refractivity contribution in [3.63, 3.8) is 0 Å². The van der Waals surface area contributed by atoms with Crippen LogP contribution in [0.2, 0.25) is 0 Å². The molecule has 1 heterocycles. The molecule has 0 aromatic heterocycles. The maximum atomic E-state index is 13.2. The van der Waals surface area contributed by atoms with Crippen molar-refractivity contribution in [1.29, 1.82) is 0 Å². The zero-order valence-corrected chi connectivity index (χ0v) is 21.0. The van der Waals surface area contributed by atoms with E-state index in [1.807, 2.05) is 0 Å². The first kappa shape index (κ1) is 25.9. The molecule has 0 saturated carbocycles. The second kappa shape index (κ2) is 13.2. The van der Waals surface area contributed by atoms with Gasteiger partial charge in [0.25, 0.3) is 0 Å². The van der Waals surface area contributed by atoms with Crippen LogP contribution in [-0.4, -0.2) is 60.9 Å².